The highest BCUT2D eigenvalue weighted by molar-refractivity contribution is 5.87. The van der Waals surface area contributed by atoms with Crippen molar-refractivity contribution >= 4 is 23.1 Å². The summed E-state index contributed by atoms with van der Waals surface area (Å²) in [6.45, 7) is 5.63. The van der Waals surface area contributed by atoms with Gasteiger partial charge in [0.1, 0.15) is 0 Å². The van der Waals surface area contributed by atoms with Crippen LogP contribution in [0.25, 0.3) is 22.4 Å². The molecule has 6 nitrogen and oxygen atoms in total. The first-order valence-corrected chi connectivity index (χ1v) is 7.49. The van der Waals surface area contributed by atoms with Crippen molar-refractivity contribution in [2.75, 3.05) is 4.90 Å². The van der Waals surface area contributed by atoms with Crippen molar-refractivity contribution in [2.24, 2.45) is 0 Å². The van der Waals surface area contributed by atoms with Gasteiger partial charge in [-0.3, -0.25) is 10.3 Å². The molecule has 2 heterocycles. The van der Waals surface area contributed by atoms with Gasteiger partial charge in [-0.2, -0.15) is 0 Å². The van der Waals surface area contributed by atoms with Gasteiger partial charge in [0.15, 0.2) is 5.82 Å². The SMILES string of the molecule is C=CN(C=N)c1ncccc1-c1nc2cccc(CC)c2c(=O)o1. The maximum Gasteiger partial charge on any atom is 0.347 e. The zero-order valence-corrected chi connectivity index (χ0v) is 13.2. The molecule has 24 heavy (non-hydrogen) atoms. The van der Waals surface area contributed by atoms with Crippen LogP contribution in [0.15, 0.2) is 58.5 Å². The number of aryl methyl sites for hydroxylation is 1. The maximum absolute atomic E-state index is 12.5. The average Bonchev–Trinajstić information content (AvgIpc) is 2.62. The second-order valence-corrected chi connectivity index (χ2v) is 5.06. The Labute approximate surface area is 138 Å². The van der Waals surface area contributed by atoms with Gasteiger partial charge >= 0.3 is 5.63 Å². The smallest absolute Gasteiger partial charge is 0.347 e. The van der Waals surface area contributed by atoms with Crippen LogP contribution in [0.4, 0.5) is 5.82 Å². The fourth-order valence-electron chi connectivity index (χ4n) is 2.57. The van der Waals surface area contributed by atoms with Crippen LogP contribution in [0.1, 0.15) is 12.5 Å². The molecule has 0 radical (unpaired) electrons. The number of benzene rings is 1. The van der Waals surface area contributed by atoms with Gasteiger partial charge in [-0.15, -0.1) is 0 Å². The third-order valence-corrected chi connectivity index (χ3v) is 3.72. The Morgan fingerprint density at radius 3 is 2.88 bits per heavy atom. The molecule has 0 atom stereocenters. The lowest BCUT2D eigenvalue weighted by atomic mass is 10.1. The Bertz CT molecular complexity index is 970. The quantitative estimate of drug-likeness (QED) is 0.575. The van der Waals surface area contributed by atoms with Gasteiger partial charge in [0.05, 0.1) is 22.8 Å². The summed E-state index contributed by atoms with van der Waals surface area (Å²) in [4.78, 5) is 22.6. The number of nitrogens with zero attached hydrogens (tertiary/aromatic N) is 3. The van der Waals surface area contributed by atoms with E-state index < -0.39 is 5.63 Å². The topological polar surface area (TPSA) is 83.1 Å². The molecule has 1 aromatic carbocycles. The Morgan fingerprint density at radius 2 is 2.17 bits per heavy atom. The Balaban J connectivity index is 2.27. The molecular formula is C18H16N4O2. The first-order chi connectivity index (χ1) is 11.7. The highest BCUT2D eigenvalue weighted by atomic mass is 16.4. The zero-order valence-electron chi connectivity index (χ0n) is 13.2. The Hall–Kier alpha value is -3.28. The molecule has 3 aromatic rings. The molecular weight excluding hydrogens is 304 g/mol. The van der Waals surface area contributed by atoms with Crippen molar-refractivity contribution in [1.82, 2.24) is 9.97 Å². The van der Waals surface area contributed by atoms with Crippen LogP contribution in [-0.4, -0.2) is 16.3 Å². The second kappa shape index (κ2) is 6.45. The van der Waals surface area contributed by atoms with Crippen molar-refractivity contribution < 1.29 is 4.42 Å². The Kier molecular flexibility index (Phi) is 4.20. The molecule has 6 heteroatoms. The van der Waals surface area contributed by atoms with Crippen LogP contribution < -0.4 is 10.5 Å². The summed E-state index contributed by atoms with van der Waals surface area (Å²) < 4.78 is 5.46. The molecule has 120 valence electrons. The summed E-state index contributed by atoms with van der Waals surface area (Å²) in [6, 6.07) is 9.01. The van der Waals surface area contributed by atoms with E-state index in [1.807, 2.05) is 19.1 Å². The molecule has 0 aliphatic heterocycles. The summed E-state index contributed by atoms with van der Waals surface area (Å²) in [5, 5.41) is 7.96. The van der Waals surface area contributed by atoms with E-state index in [0.29, 0.717) is 22.3 Å². The zero-order chi connectivity index (χ0) is 17.1. The highest BCUT2D eigenvalue weighted by Gasteiger charge is 2.16. The van der Waals surface area contributed by atoms with Crippen LogP contribution in [0.2, 0.25) is 0 Å². The summed E-state index contributed by atoms with van der Waals surface area (Å²) in [5.41, 5.74) is 1.57. The fourth-order valence-corrected chi connectivity index (χ4v) is 2.57. The van der Waals surface area contributed by atoms with Crippen LogP contribution in [0.3, 0.4) is 0 Å². The number of pyridine rings is 1. The van der Waals surface area contributed by atoms with Crippen LogP contribution in [-0.2, 0) is 6.42 Å². The number of fused-ring (bicyclic) bond motifs is 1. The van der Waals surface area contributed by atoms with Gasteiger partial charge < -0.3 is 4.42 Å². The number of hydrogen-bond donors (Lipinski definition) is 1. The van der Waals surface area contributed by atoms with E-state index >= 15 is 0 Å². The molecule has 0 spiro atoms. The van der Waals surface area contributed by atoms with Gasteiger partial charge in [0.25, 0.3) is 0 Å². The van der Waals surface area contributed by atoms with E-state index in [1.165, 1.54) is 11.1 Å². The fraction of sp³-hybridized carbons (Fsp3) is 0.111. The maximum atomic E-state index is 12.5. The number of aromatic nitrogens is 2. The van der Waals surface area contributed by atoms with Gasteiger partial charge in [-0.05, 0) is 30.2 Å². The molecule has 0 saturated heterocycles. The number of hydrogen-bond acceptors (Lipinski definition) is 5. The van der Waals surface area contributed by atoms with E-state index in [-0.39, 0.29) is 5.89 Å². The third kappa shape index (κ3) is 2.58. The average molecular weight is 320 g/mol. The van der Waals surface area contributed by atoms with Crippen molar-refractivity contribution in [3.05, 3.63) is 65.3 Å². The lowest BCUT2D eigenvalue weighted by molar-refractivity contribution is 0.518. The minimum Gasteiger partial charge on any atom is -0.403 e. The van der Waals surface area contributed by atoms with E-state index in [0.717, 1.165) is 18.3 Å². The van der Waals surface area contributed by atoms with Crippen molar-refractivity contribution in [2.45, 2.75) is 13.3 Å². The molecule has 3 rings (SSSR count). The summed E-state index contributed by atoms with van der Waals surface area (Å²) >= 11 is 0. The molecule has 0 aliphatic rings. The molecule has 0 unspecified atom stereocenters. The van der Waals surface area contributed by atoms with Crippen molar-refractivity contribution in [1.29, 1.82) is 5.41 Å². The summed E-state index contributed by atoms with van der Waals surface area (Å²) in [5.74, 6) is 0.585. The van der Waals surface area contributed by atoms with E-state index in [9.17, 15) is 4.79 Å². The monoisotopic (exact) mass is 320 g/mol. The predicted molar refractivity (Wildman–Crippen MR) is 94.3 cm³/mol. The van der Waals surface area contributed by atoms with Crippen molar-refractivity contribution in [3.63, 3.8) is 0 Å². The van der Waals surface area contributed by atoms with Gasteiger partial charge in [-0.1, -0.05) is 25.6 Å². The molecule has 2 aromatic heterocycles. The molecule has 0 amide bonds. The van der Waals surface area contributed by atoms with Gasteiger partial charge in [0.2, 0.25) is 5.89 Å². The number of nitrogens with one attached hydrogen (secondary N) is 1. The second-order valence-electron chi connectivity index (χ2n) is 5.06. The van der Waals surface area contributed by atoms with Crippen LogP contribution >= 0.6 is 0 Å². The predicted octanol–water partition coefficient (Wildman–Crippen LogP) is 3.37. The highest BCUT2D eigenvalue weighted by Crippen LogP contribution is 2.27. The lowest BCUT2D eigenvalue weighted by Gasteiger charge is -2.15. The van der Waals surface area contributed by atoms with E-state index in [1.54, 1.807) is 24.4 Å². The molecule has 0 bridgehead atoms. The Morgan fingerprint density at radius 1 is 1.33 bits per heavy atom. The molecule has 0 saturated carbocycles. The molecule has 1 N–H and O–H groups in total. The van der Waals surface area contributed by atoms with Crippen molar-refractivity contribution in [3.8, 4) is 11.5 Å². The lowest BCUT2D eigenvalue weighted by Crippen LogP contribution is -2.15. The third-order valence-electron chi connectivity index (χ3n) is 3.72. The first kappa shape index (κ1) is 15.6. The normalized spacial score (nSPS) is 10.5. The van der Waals surface area contributed by atoms with Crippen LogP contribution in [0.5, 0.6) is 0 Å². The van der Waals surface area contributed by atoms with Crippen LogP contribution in [0, 0.1) is 5.41 Å². The number of rotatable bonds is 5. The van der Waals surface area contributed by atoms with Gasteiger partial charge in [-0.25, -0.2) is 14.8 Å². The van der Waals surface area contributed by atoms with E-state index in [2.05, 4.69) is 16.5 Å². The minimum atomic E-state index is -0.428. The summed E-state index contributed by atoms with van der Waals surface area (Å²) in [6.07, 6.45) is 4.84. The summed E-state index contributed by atoms with van der Waals surface area (Å²) in [7, 11) is 0. The standard InChI is InChI=1S/C18H16N4O2/c1-3-12-7-5-9-14-15(12)18(23)24-17(21-14)13-8-6-10-20-16(13)22(4-2)11-19/h4-11,19H,2-3H2,1H3. The minimum absolute atomic E-state index is 0.164. The van der Waals surface area contributed by atoms with Gasteiger partial charge in [0, 0.05) is 12.4 Å². The molecule has 0 aliphatic carbocycles. The first-order valence-electron chi connectivity index (χ1n) is 7.49. The van der Waals surface area contributed by atoms with E-state index in [4.69, 9.17) is 9.83 Å². The number of anilines is 1. The largest absolute Gasteiger partial charge is 0.403 e. The molecule has 0 fully saturated rings.